The van der Waals surface area contributed by atoms with Crippen molar-refractivity contribution < 1.29 is 4.74 Å². The van der Waals surface area contributed by atoms with E-state index in [9.17, 15) is 0 Å². The summed E-state index contributed by atoms with van der Waals surface area (Å²) in [5.74, 6) is 3.44. The van der Waals surface area contributed by atoms with Crippen LogP contribution >= 0.6 is 12.4 Å². The van der Waals surface area contributed by atoms with Gasteiger partial charge in [0.05, 0.1) is 0 Å². The molecule has 0 unspecified atom stereocenters. The summed E-state index contributed by atoms with van der Waals surface area (Å²) < 4.78 is 6.28. The van der Waals surface area contributed by atoms with Gasteiger partial charge in [0.1, 0.15) is 11.5 Å². The summed E-state index contributed by atoms with van der Waals surface area (Å²) in [6, 6.07) is 17.1. The average Bonchev–Trinajstić information content (AvgIpc) is 3.57. The van der Waals surface area contributed by atoms with Crippen LogP contribution in [0.25, 0.3) is 0 Å². The van der Waals surface area contributed by atoms with Crippen molar-refractivity contribution in [2.75, 3.05) is 37.6 Å². The molecule has 1 saturated heterocycles. The number of hydrogen-bond acceptors (Lipinski definition) is 3. The summed E-state index contributed by atoms with van der Waals surface area (Å²) in [4.78, 5) is 5.33. The van der Waals surface area contributed by atoms with Crippen LogP contribution in [-0.4, -0.2) is 37.6 Å². The molecule has 2 aliphatic carbocycles. The van der Waals surface area contributed by atoms with Crippen molar-refractivity contribution in [3.05, 3.63) is 54.1 Å². The highest BCUT2D eigenvalue weighted by atomic mass is 35.5. The van der Waals surface area contributed by atoms with Crippen LogP contribution in [0.5, 0.6) is 11.5 Å². The molecule has 3 nitrogen and oxygen atoms in total. The normalized spacial score (nSPS) is 22.8. The molecule has 3 fully saturated rings. The van der Waals surface area contributed by atoms with Gasteiger partial charge in [-0.2, -0.15) is 0 Å². The minimum Gasteiger partial charge on any atom is -0.457 e. The molecule has 0 aromatic heterocycles. The maximum Gasteiger partial charge on any atom is 0.129 e. The highest BCUT2D eigenvalue weighted by Crippen LogP contribution is 2.53. The molecule has 1 heterocycles. The van der Waals surface area contributed by atoms with Gasteiger partial charge in [0, 0.05) is 44.5 Å². The second kappa shape index (κ2) is 10.1. The Hall–Kier alpha value is -1.71. The van der Waals surface area contributed by atoms with Gasteiger partial charge in [-0.15, -0.1) is 12.4 Å². The predicted molar refractivity (Wildman–Crippen MR) is 146 cm³/mol. The third-order valence-corrected chi connectivity index (χ3v) is 7.90. The molecule has 2 saturated carbocycles. The number of para-hydroxylation sites is 1. The molecular weight excluding hydrogens is 440 g/mol. The van der Waals surface area contributed by atoms with Crippen LogP contribution in [0, 0.1) is 16.7 Å². The van der Waals surface area contributed by atoms with E-state index < -0.39 is 0 Å². The summed E-state index contributed by atoms with van der Waals surface area (Å²) in [6.07, 6.45) is 6.72. The van der Waals surface area contributed by atoms with Crippen LogP contribution in [0.4, 0.5) is 5.69 Å². The quantitative estimate of drug-likeness (QED) is 0.418. The van der Waals surface area contributed by atoms with Crippen molar-refractivity contribution in [2.24, 2.45) is 16.7 Å². The lowest BCUT2D eigenvalue weighted by Crippen LogP contribution is -2.47. The van der Waals surface area contributed by atoms with Crippen molar-refractivity contribution in [1.29, 1.82) is 0 Å². The van der Waals surface area contributed by atoms with Crippen LogP contribution in [0.2, 0.25) is 0 Å². The van der Waals surface area contributed by atoms with Crippen LogP contribution in [-0.2, 0) is 0 Å². The Balaban J connectivity index is 0.00000274. The number of piperazine rings is 1. The summed E-state index contributed by atoms with van der Waals surface area (Å²) >= 11 is 0. The molecule has 2 aromatic rings. The topological polar surface area (TPSA) is 15.7 Å². The number of ether oxygens (including phenoxy) is 1. The second-order valence-electron chi connectivity index (χ2n) is 12.5. The SMILES string of the molecule is CC1(C)CC(c2ccc(Oc3ccccc3)cc2N2CCN(CC3CC3)CC2)CC(C)(C)C1.Cl. The van der Waals surface area contributed by atoms with Crippen molar-refractivity contribution in [3.63, 3.8) is 0 Å². The fourth-order valence-corrected chi connectivity index (χ4v) is 6.73. The largest absolute Gasteiger partial charge is 0.457 e. The Morgan fingerprint density at radius 1 is 0.824 bits per heavy atom. The summed E-state index contributed by atoms with van der Waals surface area (Å²) in [7, 11) is 0. The number of nitrogens with zero attached hydrogens (tertiary/aromatic N) is 2. The first-order valence-corrected chi connectivity index (χ1v) is 13.1. The zero-order chi connectivity index (χ0) is 23.1. The second-order valence-corrected chi connectivity index (χ2v) is 12.5. The number of hydrogen-bond donors (Lipinski definition) is 0. The summed E-state index contributed by atoms with van der Waals surface area (Å²) in [6.45, 7) is 15.8. The molecule has 5 rings (SSSR count). The van der Waals surface area contributed by atoms with Crippen molar-refractivity contribution >= 4 is 18.1 Å². The molecular formula is C30H43ClN2O. The van der Waals surface area contributed by atoms with Crippen LogP contribution < -0.4 is 9.64 Å². The molecule has 4 heteroatoms. The summed E-state index contributed by atoms with van der Waals surface area (Å²) in [5, 5.41) is 0. The van der Waals surface area contributed by atoms with E-state index in [-0.39, 0.29) is 12.4 Å². The van der Waals surface area contributed by atoms with Crippen LogP contribution in [0.15, 0.2) is 48.5 Å². The maximum atomic E-state index is 6.28. The average molecular weight is 483 g/mol. The van der Waals surface area contributed by atoms with E-state index >= 15 is 0 Å². The maximum absolute atomic E-state index is 6.28. The highest BCUT2D eigenvalue weighted by Gasteiger charge is 2.40. The van der Waals surface area contributed by atoms with E-state index in [4.69, 9.17) is 4.74 Å². The zero-order valence-electron chi connectivity index (χ0n) is 21.6. The lowest BCUT2D eigenvalue weighted by atomic mass is 9.60. The monoisotopic (exact) mass is 482 g/mol. The van der Waals surface area contributed by atoms with E-state index in [2.05, 4.69) is 55.7 Å². The van der Waals surface area contributed by atoms with Gasteiger partial charge >= 0.3 is 0 Å². The van der Waals surface area contributed by atoms with Crippen LogP contribution in [0.3, 0.4) is 0 Å². The Morgan fingerprint density at radius 3 is 2.09 bits per heavy atom. The molecule has 0 amide bonds. The molecule has 0 bridgehead atoms. The van der Waals surface area contributed by atoms with Gasteiger partial charge in [0.25, 0.3) is 0 Å². The molecule has 3 aliphatic rings. The van der Waals surface area contributed by atoms with Gasteiger partial charge in [-0.25, -0.2) is 0 Å². The molecule has 1 aliphatic heterocycles. The number of rotatable bonds is 6. The Labute approximate surface area is 213 Å². The molecule has 0 atom stereocenters. The third-order valence-electron chi connectivity index (χ3n) is 7.90. The Kier molecular flexibility index (Phi) is 7.55. The number of halogens is 1. The molecule has 0 spiro atoms. The first-order valence-electron chi connectivity index (χ1n) is 13.1. The Bertz CT molecular complexity index is 930. The highest BCUT2D eigenvalue weighted by molar-refractivity contribution is 5.85. The van der Waals surface area contributed by atoms with Crippen molar-refractivity contribution in [3.8, 4) is 11.5 Å². The first kappa shape index (κ1) is 25.4. The standard InChI is InChI=1S/C30H42N2O.ClH/c1-29(2)19-24(20-30(3,4)22-29)27-13-12-26(33-25-8-6-5-7-9-25)18-28(27)32-16-14-31(15-17-32)21-23-10-11-23;/h5-9,12-13,18,23-24H,10-11,14-17,19-22H2,1-4H3;1H. The number of anilines is 1. The van der Waals surface area contributed by atoms with Gasteiger partial charge in [-0.1, -0.05) is 52.0 Å². The van der Waals surface area contributed by atoms with Crippen molar-refractivity contribution in [2.45, 2.75) is 65.7 Å². The summed E-state index contributed by atoms with van der Waals surface area (Å²) in [5.41, 5.74) is 3.71. The van der Waals surface area contributed by atoms with E-state index in [1.165, 1.54) is 63.0 Å². The molecule has 34 heavy (non-hydrogen) atoms. The zero-order valence-corrected chi connectivity index (χ0v) is 22.4. The molecule has 0 radical (unpaired) electrons. The van der Waals surface area contributed by atoms with Gasteiger partial charge in [0.15, 0.2) is 0 Å². The molecule has 186 valence electrons. The van der Waals surface area contributed by atoms with Crippen LogP contribution in [0.1, 0.15) is 71.3 Å². The Morgan fingerprint density at radius 2 is 1.47 bits per heavy atom. The van der Waals surface area contributed by atoms with E-state index in [1.54, 1.807) is 0 Å². The van der Waals surface area contributed by atoms with E-state index in [0.717, 1.165) is 30.5 Å². The smallest absolute Gasteiger partial charge is 0.129 e. The molecule has 0 N–H and O–H groups in total. The number of benzene rings is 2. The first-order chi connectivity index (χ1) is 15.8. The fraction of sp³-hybridized carbons (Fsp3) is 0.600. The minimum atomic E-state index is 0. The molecule has 2 aromatic carbocycles. The fourth-order valence-electron chi connectivity index (χ4n) is 6.73. The predicted octanol–water partition coefficient (Wildman–Crippen LogP) is 7.75. The lowest BCUT2D eigenvalue weighted by Gasteiger charge is -2.46. The van der Waals surface area contributed by atoms with Gasteiger partial charge in [-0.05, 0) is 78.5 Å². The van der Waals surface area contributed by atoms with E-state index in [1.807, 2.05) is 30.3 Å². The van der Waals surface area contributed by atoms with Gasteiger partial charge < -0.3 is 9.64 Å². The van der Waals surface area contributed by atoms with E-state index in [0.29, 0.717) is 16.7 Å². The third kappa shape index (κ3) is 6.29. The van der Waals surface area contributed by atoms with Gasteiger partial charge in [-0.3, -0.25) is 4.90 Å². The minimum absolute atomic E-state index is 0. The lowest BCUT2D eigenvalue weighted by molar-refractivity contribution is 0.0969. The van der Waals surface area contributed by atoms with Crippen molar-refractivity contribution in [1.82, 2.24) is 4.90 Å². The van der Waals surface area contributed by atoms with Gasteiger partial charge in [0.2, 0.25) is 0 Å².